The fourth-order valence-corrected chi connectivity index (χ4v) is 1.34. The third-order valence-electron chi connectivity index (χ3n) is 2.08. The highest BCUT2D eigenvalue weighted by Gasteiger charge is 2.08. The lowest BCUT2D eigenvalue weighted by Gasteiger charge is -2.04. The lowest BCUT2D eigenvalue weighted by Crippen LogP contribution is -2.04. The molecule has 1 N–H and O–H groups in total. The van der Waals surface area contributed by atoms with Crippen molar-refractivity contribution in [1.82, 2.24) is 15.0 Å². The monoisotopic (exact) mass is 211 g/mol. The first-order valence-corrected chi connectivity index (χ1v) is 5.05. The van der Waals surface area contributed by atoms with Crippen LogP contribution in [0.5, 0.6) is 18.0 Å². The zero-order valence-electron chi connectivity index (χ0n) is 8.35. The largest absolute Gasteiger partial charge is 0.479 e. The molecule has 6 heteroatoms. The molecule has 0 spiro atoms. The van der Waals surface area contributed by atoms with Gasteiger partial charge in [-0.15, -0.1) is 15.0 Å². The molecule has 0 amide bonds. The minimum atomic E-state index is -0.366. The summed E-state index contributed by atoms with van der Waals surface area (Å²) in [6.07, 6.45) is 4.11. The molecule has 0 saturated heterocycles. The molecule has 1 aliphatic heterocycles. The van der Waals surface area contributed by atoms with E-state index < -0.39 is 0 Å². The average molecular weight is 211 g/mol. The Labute approximate surface area is 87.3 Å². The summed E-state index contributed by atoms with van der Waals surface area (Å²) >= 11 is 0. The molecular formula is C9H13N3O3. The Morgan fingerprint density at radius 2 is 1.33 bits per heavy atom. The molecule has 2 bridgehead atoms. The van der Waals surface area contributed by atoms with Gasteiger partial charge in [0, 0.05) is 0 Å². The summed E-state index contributed by atoms with van der Waals surface area (Å²) < 4.78 is 10.5. The molecule has 0 unspecified atom stereocenters. The highest BCUT2D eigenvalue weighted by molar-refractivity contribution is 5.07. The van der Waals surface area contributed by atoms with Crippen molar-refractivity contribution >= 4 is 0 Å². The molecule has 1 aromatic heterocycles. The number of ether oxygens (including phenoxy) is 2. The third-order valence-corrected chi connectivity index (χ3v) is 2.08. The quantitative estimate of drug-likeness (QED) is 0.687. The van der Waals surface area contributed by atoms with Crippen molar-refractivity contribution in [3.8, 4) is 18.0 Å². The van der Waals surface area contributed by atoms with Gasteiger partial charge in [-0.25, -0.2) is 0 Å². The van der Waals surface area contributed by atoms with Gasteiger partial charge in [-0.1, -0.05) is 0 Å². The normalized spacial score (nSPS) is 17.1. The highest BCUT2D eigenvalue weighted by Crippen LogP contribution is 2.15. The van der Waals surface area contributed by atoms with Crippen LogP contribution in [0.4, 0.5) is 0 Å². The van der Waals surface area contributed by atoms with Gasteiger partial charge >= 0.3 is 18.0 Å². The first kappa shape index (κ1) is 9.95. The van der Waals surface area contributed by atoms with Crippen molar-refractivity contribution < 1.29 is 14.6 Å². The van der Waals surface area contributed by atoms with Crippen LogP contribution in [-0.4, -0.2) is 33.3 Å². The van der Waals surface area contributed by atoms with E-state index in [0.717, 1.165) is 25.7 Å². The lowest BCUT2D eigenvalue weighted by atomic mass is 10.2. The van der Waals surface area contributed by atoms with Gasteiger partial charge in [0.25, 0.3) is 0 Å². The van der Waals surface area contributed by atoms with Crippen LogP contribution in [0.3, 0.4) is 0 Å². The van der Waals surface area contributed by atoms with E-state index in [1.807, 2.05) is 0 Å². The minimum Gasteiger partial charge on any atom is -0.479 e. The summed E-state index contributed by atoms with van der Waals surface area (Å²) in [5.74, 6) is 0. The molecular weight excluding hydrogens is 198 g/mol. The van der Waals surface area contributed by atoms with E-state index in [1.54, 1.807) is 0 Å². The molecule has 15 heavy (non-hydrogen) atoms. The molecule has 0 saturated carbocycles. The Hall–Kier alpha value is -1.59. The van der Waals surface area contributed by atoms with E-state index in [1.165, 1.54) is 0 Å². The van der Waals surface area contributed by atoms with Crippen LogP contribution in [0.15, 0.2) is 0 Å². The Balaban J connectivity index is 2.14. The first-order valence-electron chi connectivity index (χ1n) is 5.05. The smallest absolute Gasteiger partial charge is 0.325 e. The van der Waals surface area contributed by atoms with Crippen molar-refractivity contribution in [3.05, 3.63) is 0 Å². The molecule has 1 aromatic rings. The standard InChI is InChI=1S/C9H13N3O3/c13-7-10-8-12-9(11-7)15-6-4-2-1-3-5-14-8/h1-6H2,(H,10,11,12,13). The van der Waals surface area contributed by atoms with Crippen LogP contribution in [0.25, 0.3) is 0 Å². The van der Waals surface area contributed by atoms with Crippen LogP contribution in [0, 0.1) is 0 Å². The minimum absolute atomic E-state index is 0.124. The molecule has 0 aromatic carbocycles. The number of rotatable bonds is 0. The predicted molar refractivity (Wildman–Crippen MR) is 50.9 cm³/mol. The second-order valence-corrected chi connectivity index (χ2v) is 3.31. The molecule has 0 atom stereocenters. The van der Waals surface area contributed by atoms with Crippen LogP contribution in [0.2, 0.25) is 0 Å². The number of aromatic hydroxyl groups is 1. The fraction of sp³-hybridized carbons (Fsp3) is 0.667. The van der Waals surface area contributed by atoms with E-state index in [9.17, 15) is 5.11 Å². The summed E-state index contributed by atoms with van der Waals surface area (Å²) in [5, 5.41) is 9.19. The summed E-state index contributed by atoms with van der Waals surface area (Å²) in [7, 11) is 0. The predicted octanol–water partition coefficient (Wildman–Crippen LogP) is 0.909. The van der Waals surface area contributed by atoms with Gasteiger partial charge in [0.15, 0.2) is 0 Å². The van der Waals surface area contributed by atoms with Crippen molar-refractivity contribution in [3.63, 3.8) is 0 Å². The van der Waals surface area contributed by atoms with E-state index in [-0.39, 0.29) is 18.0 Å². The maximum atomic E-state index is 9.19. The average Bonchev–Trinajstić information content (AvgIpc) is 2.23. The van der Waals surface area contributed by atoms with Crippen molar-refractivity contribution in [2.75, 3.05) is 13.2 Å². The summed E-state index contributed by atoms with van der Waals surface area (Å²) in [5.41, 5.74) is 0. The maximum Gasteiger partial charge on any atom is 0.325 e. The van der Waals surface area contributed by atoms with E-state index in [4.69, 9.17) is 9.47 Å². The fourth-order valence-electron chi connectivity index (χ4n) is 1.34. The third kappa shape index (κ3) is 2.93. The molecule has 82 valence electrons. The highest BCUT2D eigenvalue weighted by atomic mass is 16.5. The van der Waals surface area contributed by atoms with E-state index >= 15 is 0 Å². The van der Waals surface area contributed by atoms with Gasteiger partial charge in [0.1, 0.15) is 0 Å². The van der Waals surface area contributed by atoms with Crippen molar-refractivity contribution in [2.45, 2.75) is 25.7 Å². The van der Waals surface area contributed by atoms with Crippen molar-refractivity contribution in [1.29, 1.82) is 0 Å². The Kier molecular flexibility index (Phi) is 3.16. The van der Waals surface area contributed by atoms with Gasteiger partial charge in [0.05, 0.1) is 13.2 Å². The second kappa shape index (κ2) is 4.77. The molecule has 0 radical (unpaired) electrons. The zero-order chi connectivity index (χ0) is 10.5. The second-order valence-electron chi connectivity index (χ2n) is 3.31. The van der Waals surface area contributed by atoms with Gasteiger partial charge in [0.2, 0.25) is 0 Å². The molecule has 0 fully saturated rings. The van der Waals surface area contributed by atoms with Crippen LogP contribution >= 0.6 is 0 Å². The first-order chi connectivity index (χ1) is 7.34. The summed E-state index contributed by atoms with van der Waals surface area (Å²) in [4.78, 5) is 11.2. The van der Waals surface area contributed by atoms with Gasteiger partial charge in [-0.3, -0.25) is 0 Å². The topological polar surface area (TPSA) is 77.4 Å². The molecule has 2 heterocycles. The van der Waals surface area contributed by atoms with E-state index in [2.05, 4.69) is 15.0 Å². The summed E-state index contributed by atoms with van der Waals surface area (Å²) in [6, 6.07) is -0.118. The van der Waals surface area contributed by atoms with Gasteiger partial charge in [-0.05, 0) is 25.7 Å². The van der Waals surface area contributed by atoms with Crippen LogP contribution in [0.1, 0.15) is 25.7 Å². The van der Waals surface area contributed by atoms with Gasteiger partial charge < -0.3 is 14.6 Å². The van der Waals surface area contributed by atoms with Crippen LogP contribution < -0.4 is 9.47 Å². The van der Waals surface area contributed by atoms with Crippen LogP contribution in [-0.2, 0) is 0 Å². The lowest BCUT2D eigenvalue weighted by molar-refractivity contribution is 0.257. The number of aromatic nitrogens is 3. The Bertz CT molecular complexity index is 304. The number of hydrogen-bond donors (Lipinski definition) is 1. The molecule has 2 rings (SSSR count). The zero-order valence-corrected chi connectivity index (χ0v) is 8.35. The number of hydrogen-bond acceptors (Lipinski definition) is 6. The summed E-state index contributed by atoms with van der Waals surface area (Å²) in [6.45, 7) is 1.12. The van der Waals surface area contributed by atoms with Gasteiger partial charge in [-0.2, -0.15) is 0 Å². The Morgan fingerprint density at radius 3 is 1.87 bits per heavy atom. The number of nitrogens with zero attached hydrogens (tertiary/aromatic N) is 3. The SMILES string of the molecule is Oc1nc2nc(n1)OCCCCCCO2. The van der Waals surface area contributed by atoms with Crippen molar-refractivity contribution in [2.24, 2.45) is 0 Å². The molecule has 0 aliphatic carbocycles. The van der Waals surface area contributed by atoms with E-state index in [0.29, 0.717) is 13.2 Å². The molecule has 6 nitrogen and oxygen atoms in total. The maximum absolute atomic E-state index is 9.19. The molecule has 1 aliphatic rings. The number of fused-ring (bicyclic) bond motifs is 2. The Morgan fingerprint density at radius 1 is 0.800 bits per heavy atom.